The van der Waals surface area contributed by atoms with Gasteiger partial charge < -0.3 is 20.4 Å². The highest BCUT2D eigenvalue weighted by Crippen LogP contribution is 2.35. The second-order valence-corrected chi connectivity index (χ2v) is 9.59. The molecule has 0 aromatic heterocycles. The van der Waals surface area contributed by atoms with Gasteiger partial charge in [-0.2, -0.15) is 5.26 Å². The third-order valence-corrected chi connectivity index (χ3v) is 6.65. The van der Waals surface area contributed by atoms with Crippen molar-refractivity contribution >= 4 is 23.6 Å². The molecule has 1 heterocycles. The van der Waals surface area contributed by atoms with Gasteiger partial charge >= 0.3 is 0 Å². The Kier molecular flexibility index (Phi) is 7.19. The van der Waals surface area contributed by atoms with Crippen molar-refractivity contribution < 1.29 is 24.2 Å². The van der Waals surface area contributed by atoms with E-state index in [1.807, 2.05) is 19.9 Å². The van der Waals surface area contributed by atoms with Gasteiger partial charge in [-0.05, 0) is 42.7 Å². The van der Waals surface area contributed by atoms with Crippen molar-refractivity contribution in [3.05, 3.63) is 59.4 Å². The summed E-state index contributed by atoms with van der Waals surface area (Å²) >= 11 is 1.56. The molecule has 3 rings (SSSR count). The largest absolute Gasteiger partial charge is 0.380 e. The van der Waals surface area contributed by atoms with Crippen LogP contribution >= 0.6 is 11.8 Å². The number of amides is 2. The molecule has 1 aliphatic heterocycles. The van der Waals surface area contributed by atoms with Crippen LogP contribution < -0.4 is 5.32 Å². The Bertz CT molecular complexity index is 1050. The first-order valence-corrected chi connectivity index (χ1v) is 11.0. The summed E-state index contributed by atoms with van der Waals surface area (Å²) in [5.74, 6) is -1.31. The fraction of sp³-hybridized carbons (Fsp3) is 0.348. The number of hydrogen-bond acceptors (Lipinski definition) is 6. The lowest BCUT2D eigenvalue weighted by molar-refractivity contribution is -0.154. The van der Waals surface area contributed by atoms with Gasteiger partial charge in [0.05, 0.1) is 16.5 Å². The van der Waals surface area contributed by atoms with Crippen molar-refractivity contribution in [2.45, 2.75) is 37.5 Å². The lowest BCUT2D eigenvalue weighted by Gasteiger charge is -2.32. The van der Waals surface area contributed by atoms with Crippen molar-refractivity contribution in [1.29, 1.82) is 5.26 Å². The Labute approximate surface area is 189 Å². The molecule has 2 aromatic carbocycles. The van der Waals surface area contributed by atoms with Gasteiger partial charge in [0.2, 0.25) is 0 Å². The van der Waals surface area contributed by atoms with Gasteiger partial charge in [0.1, 0.15) is 5.82 Å². The van der Waals surface area contributed by atoms with Crippen LogP contribution in [0.1, 0.15) is 25.0 Å². The van der Waals surface area contributed by atoms with Crippen LogP contribution in [0.15, 0.2) is 42.5 Å². The maximum Gasteiger partial charge on any atom is 0.255 e. The van der Waals surface area contributed by atoms with E-state index >= 15 is 0 Å². The summed E-state index contributed by atoms with van der Waals surface area (Å²) < 4.78 is 13.3. The Morgan fingerprint density at radius 2 is 1.91 bits per heavy atom. The van der Waals surface area contributed by atoms with E-state index < -0.39 is 34.7 Å². The summed E-state index contributed by atoms with van der Waals surface area (Å²) in [7, 11) is 0. The smallest absolute Gasteiger partial charge is 0.255 e. The minimum atomic E-state index is -1.89. The second-order valence-electron chi connectivity index (χ2n) is 7.89. The van der Waals surface area contributed by atoms with Crippen LogP contribution in [-0.2, 0) is 16.1 Å². The van der Waals surface area contributed by atoms with Gasteiger partial charge in [-0.15, -0.1) is 11.8 Å². The summed E-state index contributed by atoms with van der Waals surface area (Å²) in [6, 6.07) is 12.8. The fourth-order valence-corrected chi connectivity index (χ4v) is 4.61. The number of hydrogen-bond donors (Lipinski definition) is 3. The van der Waals surface area contributed by atoms with Crippen molar-refractivity contribution in [3.8, 4) is 17.2 Å². The van der Waals surface area contributed by atoms with Crippen LogP contribution in [0.5, 0.6) is 0 Å². The number of thioether (sulfide) groups is 1. The molecule has 2 unspecified atom stereocenters. The van der Waals surface area contributed by atoms with Gasteiger partial charge in [-0.1, -0.05) is 30.3 Å². The number of halogens is 1. The average molecular weight is 458 g/mol. The topological polar surface area (TPSA) is 114 Å². The predicted octanol–water partition coefficient (Wildman–Crippen LogP) is 2.01. The monoisotopic (exact) mass is 457 g/mol. The molecule has 0 bridgehead atoms. The molecule has 1 saturated heterocycles. The van der Waals surface area contributed by atoms with Gasteiger partial charge in [0, 0.05) is 18.8 Å². The summed E-state index contributed by atoms with van der Waals surface area (Å²) in [5, 5.41) is 32.1. The lowest BCUT2D eigenvalue weighted by atomic mass is 9.99. The van der Waals surface area contributed by atoms with Gasteiger partial charge in [-0.3, -0.25) is 9.59 Å². The van der Waals surface area contributed by atoms with Crippen LogP contribution in [0.3, 0.4) is 0 Å². The second kappa shape index (κ2) is 9.69. The minimum absolute atomic E-state index is 0.0661. The number of rotatable bonds is 6. The van der Waals surface area contributed by atoms with Crippen molar-refractivity contribution in [2.75, 3.05) is 12.3 Å². The number of nitriles is 1. The molecule has 2 aromatic rings. The first kappa shape index (κ1) is 23.7. The first-order chi connectivity index (χ1) is 15.1. The zero-order valence-corrected chi connectivity index (χ0v) is 18.5. The number of carbonyl (C=O) groups excluding carboxylic acids is 2. The molecule has 1 aliphatic rings. The quantitative estimate of drug-likeness (QED) is 0.612. The molecule has 0 radical (unpaired) electrons. The molecule has 2 amide bonds. The molecular formula is C23H24FN3O4S. The molecule has 0 spiro atoms. The molecule has 3 N–H and O–H groups in total. The van der Waals surface area contributed by atoms with Crippen LogP contribution in [0, 0.1) is 17.1 Å². The predicted molar refractivity (Wildman–Crippen MR) is 119 cm³/mol. The van der Waals surface area contributed by atoms with E-state index in [2.05, 4.69) is 5.32 Å². The molecule has 1 fully saturated rings. The SMILES string of the molecule is CC1(C)SCCN1C(=O)C(O)C(O)C(=O)NCc1ccc(-c2ccc(F)cc2C#N)cc1. The maximum atomic E-state index is 13.3. The number of aliphatic hydroxyl groups excluding tert-OH is 2. The zero-order valence-electron chi connectivity index (χ0n) is 17.7. The van der Waals surface area contributed by atoms with Crippen LogP contribution in [-0.4, -0.2) is 56.3 Å². The highest BCUT2D eigenvalue weighted by molar-refractivity contribution is 8.00. The molecular weight excluding hydrogens is 433 g/mol. The number of aliphatic hydroxyl groups is 2. The zero-order chi connectivity index (χ0) is 23.5. The van der Waals surface area contributed by atoms with E-state index in [1.165, 1.54) is 23.1 Å². The summed E-state index contributed by atoms with van der Waals surface area (Å²) in [5.41, 5.74) is 2.22. The Morgan fingerprint density at radius 3 is 2.50 bits per heavy atom. The fourth-order valence-electron chi connectivity index (χ4n) is 3.50. The van der Waals surface area contributed by atoms with Gasteiger partial charge in [0.15, 0.2) is 12.2 Å². The average Bonchev–Trinajstić information content (AvgIpc) is 3.15. The third kappa shape index (κ3) is 5.10. The number of benzene rings is 2. The number of carbonyl (C=O) groups is 2. The molecule has 7 nitrogen and oxygen atoms in total. The van der Waals surface area contributed by atoms with E-state index in [1.54, 1.807) is 36.0 Å². The third-order valence-electron chi connectivity index (χ3n) is 5.34. The molecule has 9 heteroatoms. The van der Waals surface area contributed by atoms with E-state index in [0.29, 0.717) is 23.2 Å². The molecule has 32 heavy (non-hydrogen) atoms. The number of nitrogens with one attached hydrogen (secondary N) is 1. The Balaban J connectivity index is 1.60. The highest BCUT2D eigenvalue weighted by Gasteiger charge is 2.42. The molecule has 0 saturated carbocycles. The minimum Gasteiger partial charge on any atom is -0.380 e. The van der Waals surface area contributed by atoms with E-state index in [0.717, 1.165) is 5.75 Å². The normalized spacial score (nSPS) is 16.8. The standard InChI is InChI=1S/C23H24FN3O4S/c1-23(2)27(9-10-32-23)22(31)20(29)19(28)21(30)26-13-14-3-5-15(6-4-14)18-8-7-17(24)11-16(18)12-25/h3-8,11,19-20,28-29H,9-10,13H2,1-2H3,(H,26,30). The highest BCUT2D eigenvalue weighted by atomic mass is 32.2. The summed E-state index contributed by atoms with van der Waals surface area (Å²) in [4.78, 5) is 25.7. The van der Waals surface area contributed by atoms with Gasteiger partial charge in [0.25, 0.3) is 11.8 Å². The van der Waals surface area contributed by atoms with E-state index in [-0.39, 0.29) is 12.1 Å². The Hall–Kier alpha value is -2.93. The lowest BCUT2D eigenvalue weighted by Crippen LogP contribution is -2.53. The van der Waals surface area contributed by atoms with Crippen LogP contribution in [0.2, 0.25) is 0 Å². The molecule has 0 aliphatic carbocycles. The van der Waals surface area contributed by atoms with Crippen molar-refractivity contribution in [2.24, 2.45) is 0 Å². The summed E-state index contributed by atoms with van der Waals surface area (Å²) in [6.07, 6.45) is -3.74. The van der Waals surface area contributed by atoms with E-state index in [4.69, 9.17) is 0 Å². The van der Waals surface area contributed by atoms with E-state index in [9.17, 15) is 29.5 Å². The van der Waals surface area contributed by atoms with Gasteiger partial charge in [-0.25, -0.2) is 4.39 Å². The van der Waals surface area contributed by atoms with Crippen molar-refractivity contribution in [1.82, 2.24) is 10.2 Å². The summed E-state index contributed by atoms with van der Waals surface area (Å²) in [6.45, 7) is 4.19. The van der Waals surface area contributed by atoms with Crippen molar-refractivity contribution in [3.63, 3.8) is 0 Å². The van der Waals surface area contributed by atoms with Crippen LogP contribution in [0.4, 0.5) is 4.39 Å². The number of nitrogens with zero attached hydrogens (tertiary/aromatic N) is 2. The maximum absolute atomic E-state index is 13.3. The Morgan fingerprint density at radius 1 is 1.22 bits per heavy atom. The molecule has 2 atom stereocenters. The molecule has 168 valence electrons. The first-order valence-electron chi connectivity index (χ1n) is 10.0. The van der Waals surface area contributed by atoms with Crippen LogP contribution in [0.25, 0.3) is 11.1 Å².